The average Bonchev–Trinajstić information content (AvgIpc) is 2.75. The Morgan fingerprint density at radius 3 is 2.19 bits per heavy atom. The second-order valence-corrected chi connectivity index (χ2v) is 9.77. The second kappa shape index (κ2) is 10.3. The molecular weight excluding hydrogens is 422 g/mol. The Bertz CT molecular complexity index is 1030. The maximum atomic E-state index is 13.8. The van der Waals surface area contributed by atoms with Gasteiger partial charge in [0.25, 0.3) is 0 Å². The van der Waals surface area contributed by atoms with Gasteiger partial charge in [-0.3, -0.25) is 4.79 Å². The summed E-state index contributed by atoms with van der Waals surface area (Å²) < 4.78 is 55.1. The van der Waals surface area contributed by atoms with Crippen LogP contribution in [-0.2, 0) is 21.4 Å². The molecule has 0 aliphatic carbocycles. The monoisotopic (exact) mass is 450 g/mol. The number of nitrogens with zero attached hydrogens (tertiary/aromatic N) is 2. The molecule has 2 aromatic rings. The van der Waals surface area contributed by atoms with Gasteiger partial charge in [0, 0.05) is 32.2 Å². The molecule has 1 aliphatic rings. The number of anilines is 1. The number of halogens is 2. The zero-order valence-electron chi connectivity index (χ0n) is 17.7. The first-order valence-corrected chi connectivity index (χ1v) is 12.1. The van der Waals surface area contributed by atoms with E-state index in [0.717, 1.165) is 50.3 Å². The van der Waals surface area contributed by atoms with Gasteiger partial charge in [-0.05, 0) is 42.7 Å². The number of hydrogen-bond donors (Lipinski definition) is 0. The van der Waals surface area contributed by atoms with Gasteiger partial charge < -0.3 is 4.90 Å². The maximum absolute atomic E-state index is 13.8. The largest absolute Gasteiger partial charge is 0.312 e. The van der Waals surface area contributed by atoms with E-state index in [1.807, 2.05) is 12.1 Å². The first kappa shape index (κ1) is 23.3. The highest BCUT2D eigenvalue weighted by molar-refractivity contribution is 7.89. The quantitative estimate of drug-likeness (QED) is 0.656. The fourth-order valence-corrected chi connectivity index (χ4v) is 5.35. The fraction of sp³-hybridized carbons (Fsp3) is 0.435. The molecule has 0 aromatic heterocycles. The Morgan fingerprint density at radius 1 is 0.871 bits per heavy atom. The van der Waals surface area contributed by atoms with Gasteiger partial charge in [-0.15, -0.1) is 0 Å². The summed E-state index contributed by atoms with van der Waals surface area (Å²) in [6, 6.07) is 9.88. The number of rotatable bonds is 2. The lowest BCUT2D eigenvalue weighted by Crippen LogP contribution is -2.34. The molecule has 1 aliphatic heterocycles. The summed E-state index contributed by atoms with van der Waals surface area (Å²) in [5.74, 6) is -2.39. The van der Waals surface area contributed by atoms with E-state index in [-0.39, 0.29) is 23.9 Å². The molecule has 0 fully saturated rings. The van der Waals surface area contributed by atoms with Crippen molar-refractivity contribution in [2.45, 2.75) is 56.9 Å². The molecule has 0 atom stereocenters. The number of para-hydroxylation sites is 1. The SMILES string of the molecule is CC(=O)N1CCCCCCCCN(S(=O)(=O)c2ccc(F)c(F)c2)Cc2ccccc21. The molecular formula is C23H28F2N2O3S. The number of benzene rings is 2. The van der Waals surface area contributed by atoms with Gasteiger partial charge in [0.05, 0.1) is 4.90 Å². The predicted molar refractivity (Wildman–Crippen MR) is 116 cm³/mol. The number of sulfonamides is 1. The van der Waals surface area contributed by atoms with Gasteiger partial charge in [0.1, 0.15) is 0 Å². The third-order valence-electron chi connectivity index (χ3n) is 5.58. The van der Waals surface area contributed by atoms with E-state index in [4.69, 9.17) is 0 Å². The number of hydrogen-bond acceptors (Lipinski definition) is 3. The van der Waals surface area contributed by atoms with E-state index < -0.39 is 21.7 Å². The third-order valence-corrected chi connectivity index (χ3v) is 7.42. The van der Waals surface area contributed by atoms with Crippen LogP contribution in [0.1, 0.15) is 51.0 Å². The first-order valence-electron chi connectivity index (χ1n) is 10.6. The average molecular weight is 451 g/mol. The molecule has 1 amide bonds. The molecule has 0 bridgehead atoms. The van der Waals surface area contributed by atoms with Crippen LogP contribution in [0.3, 0.4) is 0 Å². The molecule has 0 N–H and O–H groups in total. The minimum atomic E-state index is -4.06. The number of carbonyl (C=O) groups is 1. The Kier molecular flexibility index (Phi) is 7.78. The summed E-state index contributed by atoms with van der Waals surface area (Å²) in [6.07, 6.45) is 5.42. The lowest BCUT2D eigenvalue weighted by Gasteiger charge is -2.27. The van der Waals surface area contributed by atoms with Crippen molar-refractivity contribution < 1.29 is 22.0 Å². The van der Waals surface area contributed by atoms with E-state index in [9.17, 15) is 22.0 Å². The van der Waals surface area contributed by atoms with Crippen molar-refractivity contribution >= 4 is 21.6 Å². The highest BCUT2D eigenvalue weighted by atomic mass is 32.2. The highest BCUT2D eigenvalue weighted by Gasteiger charge is 2.27. The number of carbonyl (C=O) groups excluding carboxylic acids is 1. The molecule has 5 nitrogen and oxygen atoms in total. The molecule has 31 heavy (non-hydrogen) atoms. The van der Waals surface area contributed by atoms with E-state index in [1.54, 1.807) is 17.0 Å². The van der Waals surface area contributed by atoms with Crippen molar-refractivity contribution in [1.29, 1.82) is 0 Å². The summed E-state index contributed by atoms with van der Waals surface area (Å²) in [7, 11) is -4.06. The van der Waals surface area contributed by atoms with Gasteiger partial charge >= 0.3 is 0 Å². The molecule has 2 aromatic carbocycles. The molecule has 0 radical (unpaired) electrons. The molecule has 0 saturated heterocycles. The van der Waals surface area contributed by atoms with E-state index in [2.05, 4.69) is 0 Å². The minimum absolute atomic E-state index is 0.0429. The van der Waals surface area contributed by atoms with Gasteiger partial charge in [0.2, 0.25) is 15.9 Å². The molecule has 3 rings (SSSR count). The highest BCUT2D eigenvalue weighted by Crippen LogP contribution is 2.27. The first-order chi connectivity index (χ1) is 14.8. The minimum Gasteiger partial charge on any atom is -0.312 e. The Labute approximate surface area is 182 Å². The molecule has 0 unspecified atom stereocenters. The Balaban J connectivity index is 2.02. The molecule has 0 spiro atoms. The van der Waals surface area contributed by atoms with Gasteiger partial charge in [0.15, 0.2) is 11.6 Å². The standard InChI is InChI=1S/C23H28F2N2O3S/c1-18(28)27-15-9-5-3-2-4-8-14-26(17-19-10-6-7-11-23(19)27)31(29,30)20-12-13-21(24)22(25)16-20/h6-7,10-13,16H,2-5,8-9,14-15,17H2,1H3. The summed E-state index contributed by atoms with van der Waals surface area (Å²) in [6.45, 7) is 2.38. The van der Waals surface area contributed by atoms with Gasteiger partial charge in [-0.2, -0.15) is 4.31 Å². The smallest absolute Gasteiger partial charge is 0.243 e. The van der Waals surface area contributed by atoms with Crippen molar-refractivity contribution in [1.82, 2.24) is 4.31 Å². The van der Waals surface area contributed by atoms with Crippen LogP contribution in [0.2, 0.25) is 0 Å². The van der Waals surface area contributed by atoms with Crippen LogP contribution in [0, 0.1) is 11.6 Å². The molecule has 0 saturated carbocycles. The third kappa shape index (κ3) is 5.68. The lowest BCUT2D eigenvalue weighted by atomic mass is 10.1. The van der Waals surface area contributed by atoms with Crippen LogP contribution in [0.5, 0.6) is 0 Å². The number of fused-ring (bicyclic) bond motifs is 1. The zero-order valence-corrected chi connectivity index (χ0v) is 18.5. The summed E-state index contributed by atoms with van der Waals surface area (Å²) >= 11 is 0. The van der Waals surface area contributed by atoms with Crippen molar-refractivity contribution in [3.8, 4) is 0 Å². The lowest BCUT2D eigenvalue weighted by molar-refractivity contribution is -0.116. The van der Waals surface area contributed by atoms with E-state index in [1.165, 1.54) is 11.2 Å². The molecule has 8 heteroatoms. The van der Waals surface area contributed by atoms with E-state index in [0.29, 0.717) is 24.2 Å². The van der Waals surface area contributed by atoms with Crippen molar-refractivity contribution in [2.75, 3.05) is 18.0 Å². The summed E-state index contributed by atoms with van der Waals surface area (Å²) in [5.41, 5.74) is 1.38. The normalized spacial score (nSPS) is 17.2. The van der Waals surface area contributed by atoms with Crippen LogP contribution in [0.25, 0.3) is 0 Å². The topological polar surface area (TPSA) is 57.7 Å². The van der Waals surface area contributed by atoms with Crippen LogP contribution in [0.15, 0.2) is 47.4 Å². The van der Waals surface area contributed by atoms with E-state index >= 15 is 0 Å². The second-order valence-electron chi connectivity index (χ2n) is 7.84. The van der Waals surface area contributed by atoms with Gasteiger partial charge in [-0.25, -0.2) is 17.2 Å². The molecule has 168 valence electrons. The summed E-state index contributed by atoms with van der Waals surface area (Å²) in [5, 5.41) is 0. The fourth-order valence-electron chi connectivity index (χ4n) is 3.88. The molecule has 1 heterocycles. The van der Waals surface area contributed by atoms with Crippen LogP contribution < -0.4 is 4.90 Å². The van der Waals surface area contributed by atoms with Crippen LogP contribution in [0.4, 0.5) is 14.5 Å². The predicted octanol–water partition coefficient (Wildman–Crippen LogP) is 4.86. The Hall–Kier alpha value is -2.32. The zero-order chi connectivity index (χ0) is 22.4. The van der Waals surface area contributed by atoms with Crippen molar-refractivity contribution in [2.24, 2.45) is 0 Å². The number of amides is 1. The summed E-state index contributed by atoms with van der Waals surface area (Å²) in [4.78, 5) is 13.7. The van der Waals surface area contributed by atoms with Crippen LogP contribution >= 0.6 is 0 Å². The van der Waals surface area contributed by atoms with Crippen LogP contribution in [-0.4, -0.2) is 31.7 Å². The Morgan fingerprint density at radius 2 is 1.52 bits per heavy atom. The van der Waals surface area contributed by atoms with Crippen molar-refractivity contribution in [3.05, 3.63) is 59.7 Å². The maximum Gasteiger partial charge on any atom is 0.243 e. The van der Waals surface area contributed by atoms with Gasteiger partial charge in [-0.1, -0.05) is 43.9 Å². The van der Waals surface area contributed by atoms with Crippen molar-refractivity contribution in [3.63, 3.8) is 0 Å².